The topological polar surface area (TPSA) is 39.2 Å². The number of aromatic nitrogens is 1. The van der Waals surface area contributed by atoms with Crippen LogP contribution in [0, 0.1) is 35.0 Å². The van der Waals surface area contributed by atoms with Gasteiger partial charge >= 0.3 is 5.97 Å². The molecule has 7 aliphatic rings. The zero-order chi connectivity index (χ0) is 32.7. The summed E-state index contributed by atoms with van der Waals surface area (Å²) >= 11 is 0. The summed E-state index contributed by atoms with van der Waals surface area (Å²) in [6.07, 6.45) is 13.1. The molecule has 4 unspecified atom stereocenters. The van der Waals surface area contributed by atoms with Crippen molar-refractivity contribution in [3.05, 3.63) is 115 Å². The average molecular weight is 683 g/mol. The smallest absolute Gasteiger partial charge is 0.312 e. The molecular formula is C45H47ClN2O2. The van der Waals surface area contributed by atoms with Crippen LogP contribution in [0.25, 0.3) is 32.4 Å². The molecule has 4 nitrogen and oxygen atoms in total. The summed E-state index contributed by atoms with van der Waals surface area (Å²) in [7, 11) is 0. The molecule has 0 amide bonds. The van der Waals surface area contributed by atoms with Crippen molar-refractivity contribution in [1.82, 2.24) is 4.98 Å². The first kappa shape index (κ1) is 32.2. The predicted molar refractivity (Wildman–Crippen MR) is 197 cm³/mol. The second-order valence-electron chi connectivity index (χ2n) is 16.8. The third kappa shape index (κ3) is 5.04. The molecule has 0 N–H and O–H groups in total. The van der Waals surface area contributed by atoms with E-state index >= 15 is 0 Å². The van der Waals surface area contributed by atoms with Gasteiger partial charge in [0.05, 0.1) is 24.0 Å². The Hall–Kier alpha value is -3.73. The average Bonchev–Trinajstić information content (AvgIpc) is 3.13. The standard InChI is InChI=1S/C45H47N2O2.ClH/c1-2-32-27-47(28-40-36-11-5-3-9-34(36)22-35-10-4-6-12-37(35)40)18-16-33(32)23-42(47)43(39-15-17-46-41-14-8-7-13-38(39)41)49-44(48)45-24-29-19-30(25-45)21-31(20-29)26-45;/h2-15,17,22,29-33,42-43H,1,16,18-21,23-28H2;1H/q+1;/p-1/t29?,30?,31?,32?,33?,42?,43-,45?,47?;/m0./s1. The number of pyridine rings is 1. The highest BCUT2D eigenvalue weighted by Gasteiger charge is 2.59. The van der Waals surface area contributed by atoms with Crippen molar-refractivity contribution in [3.63, 3.8) is 0 Å². The molecule has 256 valence electrons. The third-order valence-corrected chi connectivity index (χ3v) is 14.1. The predicted octanol–water partition coefficient (Wildman–Crippen LogP) is 6.96. The molecule has 3 saturated heterocycles. The number of quaternary nitrogens is 1. The first-order valence-electron chi connectivity index (χ1n) is 18.9. The number of hydrogen-bond acceptors (Lipinski definition) is 3. The van der Waals surface area contributed by atoms with Gasteiger partial charge in [-0.3, -0.25) is 9.78 Å². The Balaban J connectivity index is 0.00000336. The fourth-order valence-electron chi connectivity index (χ4n) is 12.3. The summed E-state index contributed by atoms with van der Waals surface area (Å²) in [6.45, 7) is 7.40. The molecule has 4 saturated carbocycles. The van der Waals surface area contributed by atoms with Crippen molar-refractivity contribution in [1.29, 1.82) is 0 Å². The van der Waals surface area contributed by atoms with Gasteiger partial charge in [-0.1, -0.05) is 72.8 Å². The largest absolute Gasteiger partial charge is 1.00 e. The molecule has 0 radical (unpaired) electrons. The van der Waals surface area contributed by atoms with Crippen LogP contribution in [0.15, 0.2) is 104 Å². The lowest BCUT2D eigenvalue weighted by molar-refractivity contribution is -0.984. The van der Waals surface area contributed by atoms with Crippen molar-refractivity contribution in [2.24, 2.45) is 35.0 Å². The van der Waals surface area contributed by atoms with E-state index in [0.717, 1.165) is 66.3 Å². The number of hydrogen-bond donors (Lipinski definition) is 0. The van der Waals surface area contributed by atoms with Gasteiger partial charge in [0.1, 0.15) is 12.6 Å². The van der Waals surface area contributed by atoms with Crippen LogP contribution >= 0.6 is 0 Å². The molecule has 0 spiro atoms. The van der Waals surface area contributed by atoms with Crippen LogP contribution in [0.1, 0.15) is 68.6 Å². The minimum absolute atomic E-state index is 0. The van der Waals surface area contributed by atoms with Crippen LogP contribution in [0.3, 0.4) is 0 Å². The molecule has 7 fully saturated rings. The number of esters is 1. The quantitative estimate of drug-likeness (QED) is 0.0807. The Labute approximate surface area is 301 Å². The molecule has 4 aromatic carbocycles. The van der Waals surface area contributed by atoms with Crippen LogP contribution in [0.4, 0.5) is 0 Å². The number of rotatable bonds is 7. The highest BCUT2D eigenvalue weighted by atomic mass is 35.5. The van der Waals surface area contributed by atoms with E-state index in [1.807, 2.05) is 6.20 Å². The number of carbonyl (C=O) groups is 1. The zero-order valence-electron chi connectivity index (χ0n) is 28.9. The maximum atomic E-state index is 14.9. The van der Waals surface area contributed by atoms with Gasteiger partial charge in [0.15, 0.2) is 6.10 Å². The highest BCUT2D eigenvalue weighted by Crippen LogP contribution is 2.61. The number of fused-ring (bicyclic) bond motifs is 6. The van der Waals surface area contributed by atoms with Crippen molar-refractivity contribution in [2.75, 3.05) is 13.1 Å². The first-order valence-corrected chi connectivity index (χ1v) is 18.9. The van der Waals surface area contributed by atoms with Crippen LogP contribution in [0.2, 0.25) is 0 Å². The van der Waals surface area contributed by atoms with Crippen molar-refractivity contribution >= 4 is 38.4 Å². The number of ether oxygens (including phenoxy) is 1. The number of halogens is 1. The summed E-state index contributed by atoms with van der Waals surface area (Å²) in [5.74, 6) is 3.19. The monoisotopic (exact) mass is 682 g/mol. The van der Waals surface area contributed by atoms with Gasteiger partial charge in [-0.05, 0) is 102 Å². The number of nitrogens with zero attached hydrogens (tertiary/aromatic N) is 2. The summed E-state index contributed by atoms with van der Waals surface area (Å²) < 4.78 is 8.14. The molecular weight excluding hydrogens is 636 g/mol. The lowest BCUT2D eigenvalue weighted by Crippen LogP contribution is -3.00. The maximum Gasteiger partial charge on any atom is 0.312 e. The van der Waals surface area contributed by atoms with Gasteiger partial charge in [-0.25, -0.2) is 0 Å². The zero-order valence-corrected chi connectivity index (χ0v) is 29.6. The minimum Gasteiger partial charge on any atom is -1.00 e. The fourth-order valence-corrected chi connectivity index (χ4v) is 12.3. The first-order chi connectivity index (χ1) is 24.0. The Morgan fingerprint density at radius 3 is 2.14 bits per heavy atom. The third-order valence-electron chi connectivity index (χ3n) is 14.1. The van der Waals surface area contributed by atoms with E-state index in [1.165, 1.54) is 52.8 Å². The summed E-state index contributed by atoms with van der Waals surface area (Å²) in [4.78, 5) is 19.7. The molecule has 5 heteroatoms. The van der Waals surface area contributed by atoms with Crippen LogP contribution in [-0.4, -0.2) is 34.6 Å². The molecule has 4 heterocycles. The van der Waals surface area contributed by atoms with E-state index in [9.17, 15) is 4.79 Å². The van der Waals surface area contributed by atoms with Gasteiger partial charge in [-0.15, -0.1) is 6.58 Å². The Bertz CT molecular complexity index is 2030. The second kappa shape index (κ2) is 12.2. The molecule has 3 aliphatic heterocycles. The lowest BCUT2D eigenvalue weighted by atomic mass is 9.49. The maximum absolute atomic E-state index is 14.9. The number of benzene rings is 4. The Kier molecular flexibility index (Phi) is 7.86. The Morgan fingerprint density at radius 1 is 0.860 bits per heavy atom. The van der Waals surface area contributed by atoms with E-state index in [1.54, 1.807) is 0 Å². The lowest BCUT2D eigenvalue weighted by Gasteiger charge is -2.59. The molecule has 12 rings (SSSR count). The van der Waals surface area contributed by atoms with Crippen molar-refractivity contribution in [3.8, 4) is 0 Å². The number of para-hydroxylation sites is 1. The van der Waals surface area contributed by atoms with Gasteiger partial charge in [0.25, 0.3) is 0 Å². The van der Waals surface area contributed by atoms with Crippen LogP contribution < -0.4 is 12.4 Å². The summed E-state index contributed by atoms with van der Waals surface area (Å²) in [6, 6.07) is 31.0. The van der Waals surface area contributed by atoms with Crippen LogP contribution in [-0.2, 0) is 16.1 Å². The normalized spacial score (nSPS) is 33.0. The van der Waals surface area contributed by atoms with E-state index in [0.29, 0.717) is 29.6 Å². The summed E-state index contributed by atoms with van der Waals surface area (Å²) in [5.41, 5.74) is 3.23. The van der Waals surface area contributed by atoms with Crippen molar-refractivity contribution in [2.45, 2.75) is 70.1 Å². The van der Waals surface area contributed by atoms with Crippen molar-refractivity contribution < 1.29 is 26.4 Å². The molecule has 1 aromatic heterocycles. The minimum atomic E-state index is -0.330. The fraction of sp³-hybridized carbons (Fsp3) is 0.422. The van der Waals surface area contributed by atoms with Gasteiger partial charge in [0, 0.05) is 41.5 Å². The van der Waals surface area contributed by atoms with Crippen LogP contribution in [0.5, 0.6) is 0 Å². The van der Waals surface area contributed by atoms with E-state index in [-0.39, 0.29) is 35.9 Å². The molecule has 5 aromatic rings. The summed E-state index contributed by atoms with van der Waals surface area (Å²) in [5, 5.41) is 6.38. The highest BCUT2D eigenvalue weighted by molar-refractivity contribution is 6.02. The molecule has 5 atom stereocenters. The molecule has 4 aliphatic carbocycles. The Morgan fingerprint density at radius 2 is 1.48 bits per heavy atom. The van der Waals surface area contributed by atoms with E-state index < -0.39 is 0 Å². The molecule has 6 bridgehead atoms. The van der Waals surface area contributed by atoms with E-state index in [2.05, 4.69) is 97.6 Å². The van der Waals surface area contributed by atoms with Gasteiger partial charge in [0.2, 0.25) is 0 Å². The number of piperidine rings is 3. The SMILES string of the molecule is C=CC1C[N+]2(Cc3c4ccccc4cc4ccccc34)CCC1CC2[C@@H](OC(=O)C12CC3CC(CC(C3)C1)C2)c1ccnc2ccccc12.[Cl-]. The van der Waals surface area contributed by atoms with E-state index in [4.69, 9.17) is 9.72 Å². The van der Waals surface area contributed by atoms with Gasteiger partial charge < -0.3 is 21.6 Å². The number of carbonyl (C=O) groups excluding carboxylic acids is 1. The van der Waals surface area contributed by atoms with Gasteiger partial charge in [-0.2, -0.15) is 0 Å². The molecule has 50 heavy (non-hydrogen) atoms. The second-order valence-corrected chi connectivity index (χ2v) is 16.8.